The largest absolute Gasteiger partial charge is 0.488 e. The number of nitrogens with zero attached hydrogens (tertiary/aromatic N) is 1. The lowest BCUT2D eigenvalue weighted by atomic mass is 10.1. The molecule has 4 nitrogen and oxygen atoms in total. The summed E-state index contributed by atoms with van der Waals surface area (Å²) in [7, 11) is 0. The molecule has 2 aromatic carbocycles. The van der Waals surface area contributed by atoms with E-state index in [1.54, 1.807) is 26.0 Å². The van der Waals surface area contributed by atoms with Crippen LogP contribution in [0, 0.1) is 11.3 Å². The summed E-state index contributed by atoms with van der Waals surface area (Å²) in [5, 5.41) is 9.21. The average molecular weight is 321 g/mol. The smallest absolute Gasteiger partial charge is 0.349 e. The van der Waals surface area contributed by atoms with Gasteiger partial charge in [-0.1, -0.05) is 48.5 Å². The molecule has 2 aromatic rings. The Morgan fingerprint density at radius 3 is 2.46 bits per heavy atom. The summed E-state index contributed by atoms with van der Waals surface area (Å²) in [6.07, 6.45) is 1.21. The van der Waals surface area contributed by atoms with E-state index in [-0.39, 0.29) is 11.7 Å². The summed E-state index contributed by atoms with van der Waals surface area (Å²) >= 11 is 0. The molecule has 0 fully saturated rings. The first-order valence-electron chi connectivity index (χ1n) is 7.68. The molecule has 0 aliphatic heterocycles. The molecule has 0 saturated carbocycles. The van der Waals surface area contributed by atoms with E-state index in [2.05, 4.69) is 0 Å². The van der Waals surface area contributed by atoms with Crippen LogP contribution < -0.4 is 4.74 Å². The monoisotopic (exact) mass is 321 g/mol. The van der Waals surface area contributed by atoms with E-state index >= 15 is 0 Å². The van der Waals surface area contributed by atoms with Crippen LogP contribution in [0.25, 0.3) is 6.08 Å². The van der Waals surface area contributed by atoms with Crippen molar-refractivity contribution in [3.8, 4) is 11.8 Å². The van der Waals surface area contributed by atoms with Crippen LogP contribution in [0.1, 0.15) is 25.0 Å². The number of carbonyl (C=O) groups excluding carboxylic acids is 1. The number of ether oxygens (including phenoxy) is 2. The fourth-order valence-corrected chi connectivity index (χ4v) is 2.04. The number of hydrogen-bond donors (Lipinski definition) is 0. The molecular weight excluding hydrogens is 302 g/mol. The molecule has 0 atom stereocenters. The Morgan fingerprint density at radius 1 is 1.12 bits per heavy atom. The van der Waals surface area contributed by atoms with E-state index in [1.165, 1.54) is 6.08 Å². The second-order valence-electron chi connectivity index (χ2n) is 5.44. The lowest BCUT2D eigenvalue weighted by molar-refractivity contribution is -0.142. The first kappa shape index (κ1) is 17.3. The maximum atomic E-state index is 11.9. The van der Waals surface area contributed by atoms with Gasteiger partial charge in [0.05, 0.1) is 6.10 Å². The fourth-order valence-electron chi connectivity index (χ4n) is 2.04. The third-order valence-electron chi connectivity index (χ3n) is 3.14. The van der Waals surface area contributed by atoms with Gasteiger partial charge in [0.1, 0.15) is 24.0 Å². The molecule has 4 heteroatoms. The lowest BCUT2D eigenvalue weighted by Crippen LogP contribution is -2.12. The van der Waals surface area contributed by atoms with Crippen molar-refractivity contribution in [2.75, 3.05) is 0 Å². The van der Waals surface area contributed by atoms with Crippen LogP contribution in [0.4, 0.5) is 0 Å². The Kier molecular flexibility index (Phi) is 6.16. The summed E-state index contributed by atoms with van der Waals surface area (Å²) in [6, 6.07) is 18.9. The van der Waals surface area contributed by atoms with Crippen molar-refractivity contribution in [1.29, 1.82) is 5.26 Å². The number of nitriles is 1. The third-order valence-corrected chi connectivity index (χ3v) is 3.14. The summed E-state index contributed by atoms with van der Waals surface area (Å²) in [6.45, 7) is 3.89. The number of rotatable bonds is 6. The van der Waals surface area contributed by atoms with E-state index < -0.39 is 5.97 Å². The summed E-state index contributed by atoms with van der Waals surface area (Å²) in [5.74, 6) is -0.0307. The predicted molar refractivity (Wildman–Crippen MR) is 92.0 cm³/mol. The average Bonchev–Trinajstić information content (AvgIpc) is 2.59. The van der Waals surface area contributed by atoms with E-state index in [0.29, 0.717) is 17.9 Å². The normalized spacial score (nSPS) is 11.0. The Bertz CT molecular complexity index is 758. The van der Waals surface area contributed by atoms with Crippen LogP contribution in [0.3, 0.4) is 0 Å². The molecule has 0 radical (unpaired) electrons. The quantitative estimate of drug-likeness (QED) is 0.456. The van der Waals surface area contributed by atoms with Crippen molar-refractivity contribution in [2.24, 2.45) is 0 Å². The van der Waals surface area contributed by atoms with Gasteiger partial charge in [0.15, 0.2) is 0 Å². The second-order valence-corrected chi connectivity index (χ2v) is 5.44. The van der Waals surface area contributed by atoms with E-state index in [9.17, 15) is 10.1 Å². The van der Waals surface area contributed by atoms with Crippen molar-refractivity contribution < 1.29 is 14.3 Å². The minimum absolute atomic E-state index is 0.0561. The van der Waals surface area contributed by atoms with Gasteiger partial charge in [-0.2, -0.15) is 5.26 Å². The maximum absolute atomic E-state index is 11.9. The van der Waals surface area contributed by atoms with Gasteiger partial charge in [-0.15, -0.1) is 0 Å². The highest BCUT2D eigenvalue weighted by atomic mass is 16.5. The van der Waals surface area contributed by atoms with Gasteiger partial charge >= 0.3 is 5.97 Å². The Morgan fingerprint density at radius 2 is 1.79 bits per heavy atom. The topological polar surface area (TPSA) is 59.3 Å². The van der Waals surface area contributed by atoms with Crippen LogP contribution in [-0.2, 0) is 16.1 Å². The number of carbonyl (C=O) groups is 1. The highest BCUT2D eigenvalue weighted by molar-refractivity contribution is 5.98. The van der Waals surface area contributed by atoms with Crippen LogP contribution in [0.2, 0.25) is 0 Å². The van der Waals surface area contributed by atoms with Gasteiger partial charge in [-0.25, -0.2) is 4.79 Å². The molecule has 0 saturated heterocycles. The molecule has 0 aliphatic rings. The molecule has 122 valence electrons. The lowest BCUT2D eigenvalue weighted by Gasteiger charge is -2.10. The number of hydrogen-bond acceptors (Lipinski definition) is 4. The highest BCUT2D eigenvalue weighted by Gasteiger charge is 2.13. The van der Waals surface area contributed by atoms with Crippen LogP contribution in [-0.4, -0.2) is 12.1 Å². The molecule has 0 amide bonds. The van der Waals surface area contributed by atoms with Crippen LogP contribution in [0.15, 0.2) is 60.2 Å². The van der Waals surface area contributed by atoms with Crippen molar-refractivity contribution in [1.82, 2.24) is 0 Å². The molecule has 0 heterocycles. The number of benzene rings is 2. The second kappa shape index (κ2) is 8.54. The van der Waals surface area contributed by atoms with Crippen molar-refractivity contribution in [2.45, 2.75) is 26.6 Å². The molecule has 0 spiro atoms. The van der Waals surface area contributed by atoms with Gasteiger partial charge in [-0.3, -0.25) is 0 Å². The first-order valence-corrected chi connectivity index (χ1v) is 7.68. The van der Waals surface area contributed by atoms with Gasteiger partial charge in [0.2, 0.25) is 0 Å². The number of esters is 1. The summed E-state index contributed by atoms with van der Waals surface area (Å²) < 4.78 is 10.9. The SMILES string of the molecule is CC(C)OC(=O)/C(C#N)=C/c1ccccc1OCc1ccccc1. The van der Waals surface area contributed by atoms with Crippen LogP contribution >= 0.6 is 0 Å². The predicted octanol–water partition coefficient (Wildman–Crippen LogP) is 4.12. The standard InChI is InChI=1S/C20H19NO3/c1-15(2)24-20(22)18(13-21)12-17-10-6-7-11-19(17)23-14-16-8-4-3-5-9-16/h3-12,15H,14H2,1-2H3/b18-12+. The van der Waals surface area contributed by atoms with Gasteiger partial charge < -0.3 is 9.47 Å². The van der Waals surface area contributed by atoms with Crippen LogP contribution in [0.5, 0.6) is 5.75 Å². The van der Waals surface area contributed by atoms with E-state index in [4.69, 9.17) is 9.47 Å². The van der Waals surface area contributed by atoms with Crippen molar-refractivity contribution in [3.63, 3.8) is 0 Å². The van der Waals surface area contributed by atoms with Gasteiger partial charge in [-0.05, 0) is 31.6 Å². The molecule has 0 N–H and O–H groups in total. The minimum Gasteiger partial charge on any atom is -0.488 e. The minimum atomic E-state index is -0.634. The third kappa shape index (κ3) is 4.99. The molecule has 0 unspecified atom stereocenters. The molecule has 0 bridgehead atoms. The Balaban J connectivity index is 2.19. The van der Waals surface area contributed by atoms with Crippen molar-refractivity contribution >= 4 is 12.0 Å². The molecular formula is C20H19NO3. The maximum Gasteiger partial charge on any atom is 0.349 e. The Labute approximate surface area is 141 Å². The van der Waals surface area contributed by atoms with E-state index in [1.807, 2.05) is 48.5 Å². The van der Waals surface area contributed by atoms with Gasteiger partial charge in [0.25, 0.3) is 0 Å². The van der Waals surface area contributed by atoms with Gasteiger partial charge in [0, 0.05) is 5.56 Å². The summed E-state index contributed by atoms with van der Waals surface area (Å²) in [4.78, 5) is 11.9. The zero-order valence-electron chi connectivity index (χ0n) is 13.7. The molecule has 24 heavy (non-hydrogen) atoms. The molecule has 0 aromatic heterocycles. The molecule has 2 rings (SSSR count). The zero-order chi connectivity index (χ0) is 17.4. The molecule has 0 aliphatic carbocycles. The number of para-hydroxylation sites is 1. The van der Waals surface area contributed by atoms with E-state index in [0.717, 1.165) is 5.56 Å². The fraction of sp³-hybridized carbons (Fsp3) is 0.200. The Hall–Kier alpha value is -3.06. The highest BCUT2D eigenvalue weighted by Crippen LogP contribution is 2.22. The first-order chi connectivity index (χ1) is 11.6. The van der Waals surface area contributed by atoms with Crippen molar-refractivity contribution in [3.05, 3.63) is 71.3 Å². The zero-order valence-corrected chi connectivity index (χ0v) is 13.7. The summed E-state index contributed by atoms with van der Waals surface area (Å²) in [5.41, 5.74) is 1.64.